The second kappa shape index (κ2) is 6.37. The number of benzene rings is 1. The smallest absolute Gasteiger partial charge is 0.201 e. The van der Waals surface area contributed by atoms with Gasteiger partial charge in [0.05, 0.1) is 30.6 Å². The van der Waals surface area contributed by atoms with E-state index in [4.69, 9.17) is 4.74 Å². The number of aryl methyl sites for hydroxylation is 1. The summed E-state index contributed by atoms with van der Waals surface area (Å²) in [6.07, 6.45) is 0. The number of rotatable bonds is 4. The van der Waals surface area contributed by atoms with Gasteiger partial charge in [0.1, 0.15) is 0 Å². The van der Waals surface area contributed by atoms with Crippen LogP contribution in [0.4, 0.5) is 0 Å². The lowest BCUT2D eigenvalue weighted by molar-refractivity contribution is 0.0207. The Labute approximate surface area is 129 Å². The molecule has 0 N–H and O–H groups in total. The average Bonchev–Trinajstić information content (AvgIpc) is 2.97. The van der Waals surface area contributed by atoms with Gasteiger partial charge in [0.2, 0.25) is 5.78 Å². The molecule has 6 nitrogen and oxygen atoms in total. The summed E-state index contributed by atoms with van der Waals surface area (Å²) in [7, 11) is 0. The fraction of sp³-hybridized carbons (Fsp3) is 0.438. The van der Waals surface area contributed by atoms with E-state index in [2.05, 4.69) is 15.1 Å². The van der Waals surface area contributed by atoms with Crippen LogP contribution in [0.25, 0.3) is 5.69 Å². The third-order valence-electron chi connectivity index (χ3n) is 3.98. The maximum Gasteiger partial charge on any atom is 0.201 e. The maximum atomic E-state index is 12.7. The van der Waals surface area contributed by atoms with Crippen molar-refractivity contribution in [2.75, 3.05) is 26.3 Å². The van der Waals surface area contributed by atoms with Crippen LogP contribution in [0.2, 0.25) is 0 Å². The SMILES string of the molecule is Cc1nn(-c2ccccc2)nc1C(=O)C(C)N1CCOCC1. The molecule has 22 heavy (non-hydrogen) atoms. The predicted molar refractivity (Wildman–Crippen MR) is 82.3 cm³/mol. The van der Waals surface area contributed by atoms with Crippen LogP contribution in [0.15, 0.2) is 30.3 Å². The van der Waals surface area contributed by atoms with Crippen LogP contribution in [0.1, 0.15) is 23.1 Å². The van der Waals surface area contributed by atoms with Gasteiger partial charge < -0.3 is 4.74 Å². The number of nitrogens with zero attached hydrogens (tertiary/aromatic N) is 4. The van der Waals surface area contributed by atoms with E-state index in [0.717, 1.165) is 18.8 Å². The van der Waals surface area contributed by atoms with E-state index in [1.54, 1.807) is 0 Å². The Morgan fingerprint density at radius 2 is 1.86 bits per heavy atom. The molecule has 1 saturated heterocycles. The standard InChI is InChI=1S/C16H20N4O2/c1-12-15(16(21)13(2)19-8-10-22-11-9-19)18-20(17-12)14-6-4-3-5-7-14/h3-7,13H,8-11H2,1-2H3. The van der Waals surface area contributed by atoms with Crippen molar-refractivity contribution in [1.29, 1.82) is 0 Å². The Balaban J connectivity index is 1.82. The first-order valence-electron chi connectivity index (χ1n) is 7.52. The molecular weight excluding hydrogens is 280 g/mol. The zero-order valence-corrected chi connectivity index (χ0v) is 12.9. The molecule has 0 bridgehead atoms. The minimum atomic E-state index is -0.205. The van der Waals surface area contributed by atoms with Crippen molar-refractivity contribution in [2.24, 2.45) is 0 Å². The Morgan fingerprint density at radius 3 is 2.55 bits per heavy atom. The second-order valence-electron chi connectivity index (χ2n) is 5.45. The van der Waals surface area contributed by atoms with Gasteiger partial charge in [-0.05, 0) is 26.0 Å². The lowest BCUT2D eigenvalue weighted by Crippen LogP contribution is -2.46. The van der Waals surface area contributed by atoms with E-state index in [1.807, 2.05) is 44.2 Å². The zero-order chi connectivity index (χ0) is 15.5. The molecule has 1 unspecified atom stereocenters. The molecule has 6 heteroatoms. The van der Waals surface area contributed by atoms with E-state index in [1.165, 1.54) is 4.80 Å². The molecule has 1 aromatic carbocycles. The molecule has 116 valence electrons. The lowest BCUT2D eigenvalue weighted by Gasteiger charge is -2.30. The van der Waals surface area contributed by atoms with Gasteiger partial charge >= 0.3 is 0 Å². The van der Waals surface area contributed by atoms with E-state index in [0.29, 0.717) is 24.6 Å². The lowest BCUT2D eigenvalue weighted by atomic mass is 10.1. The quantitative estimate of drug-likeness (QED) is 0.800. The Morgan fingerprint density at radius 1 is 1.18 bits per heavy atom. The molecule has 3 rings (SSSR count). The number of carbonyl (C=O) groups excluding carboxylic acids is 1. The summed E-state index contributed by atoms with van der Waals surface area (Å²) >= 11 is 0. The monoisotopic (exact) mass is 300 g/mol. The number of Topliss-reactive ketones (excluding diaryl/α,β-unsaturated/α-hetero) is 1. The molecule has 2 aromatic rings. The molecule has 0 amide bonds. The third kappa shape index (κ3) is 2.93. The number of aromatic nitrogens is 3. The fourth-order valence-electron chi connectivity index (χ4n) is 2.61. The number of hydrogen-bond donors (Lipinski definition) is 0. The van der Waals surface area contributed by atoms with Crippen LogP contribution >= 0.6 is 0 Å². The van der Waals surface area contributed by atoms with E-state index in [9.17, 15) is 4.79 Å². The number of hydrogen-bond acceptors (Lipinski definition) is 5. The van der Waals surface area contributed by atoms with Gasteiger partial charge in [-0.1, -0.05) is 18.2 Å². The maximum absolute atomic E-state index is 12.7. The second-order valence-corrected chi connectivity index (χ2v) is 5.45. The highest BCUT2D eigenvalue weighted by Crippen LogP contribution is 2.13. The van der Waals surface area contributed by atoms with Crippen LogP contribution < -0.4 is 0 Å². The van der Waals surface area contributed by atoms with Gasteiger partial charge in [-0.2, -0.15) is 9.90 Å². The minimum Gasteiger partial charge on any atom is -0.379 e. The van der Waals surface area contributed by atoms with Crippen molar-refractivity contribution in [3.8, 4) is 5.69 Å². The van der Waals surface area contributed by atoms with Crippen molar-refractivity contribution < 1.29 is 9.53 Å². The van der Waals surface area contributed by atoms with Gasteiger partial charge in [0.25, 0.3) is 0 Å². The topological polar surface area (TPSA) is 60.2 Å². The zero-order valence-electron chi connectivity index (χ0n) is 12.9. The van der Waals surface area contributed by atoms with Crippen molar-refractivity contribution in [3.63, 3.8) is 0 Å². The number of ether oxygens (including phenoxy) is 1. The molecule has 0 saturated carbocycles. The Bertz CT molecular complexity index is 647. The van der Waals surface area contributed by atoms with E-state index >= 15 is 0 Å². The summed E-state index contributed by atoms with van der Waals surface area (Å²) < 4.78 is 5.34. The first-order chi connectivity index (χ1) is 10.7. The number of para-hydroxylation sites is 1. The number of morpholine rings is 1. The Kier molecular flexibility index (Phi) is 4.31. The predicted octanol–water partition coefficient (Wildman–Crippen LogP) is 1.48. The summed E-state index contributed by atoms with van der Waals surface area (Å²) in [5.41, 5.74) is 1.96. The summed E-state index contributed by atoms with van der Waals surface area (Å²) in [4.78, 5) is 16.4. The molecule has 0 radical (unpaired) electrons. The van der Waals surface area contributed by atoms with Gasteiger partial charge in [0, 0.05) is 13.1 Å². The number of ketones is 1. The molecular formula is C16H20N4O2. The van der Waals surface area contributed by atoms with Gasteiger partial charge in [-0.15, -0.1) is 5.10 Å². The summed E-state index contributed by atoms with van der Waals surface area (Å²) in [5, 5.41) is 8.76. The summed E-state index contributed by atoms with van der Waals surface area (Å²) in [6.45, 7) is 6.65. The Hall–Kier alpha value is -2.05. The van der Waals surface area contributed by atoms with Crippen molar-refractivity contribution in [1.82, 2.24) is 19.9 Å². The molecule has 1 atom stereocenters. The molecule has 1 fully saturated rings. The third-order valence-corrected chi connectivity index (χ3v) is 3.98. The largest absolute Gasteiger partial charge is 0.379 e. The highest BCUT2D eigenvalue weighted by Gasteiger charge is 2.27. The molecule has 2 heterocycles. The molecule has 1 aliphatic heterocycles. The van der Waals surface area contributed by atoms with Crippen LogP contribution in [0.3, 0.4) is 0 Å². The van der Waals surface area contributed by atoms with Gasteiger partial charge in [-0.3, -0.25) is 9.69 Å². The van der Waals surface area contributed by atoms with Gasteiger partial charge in [0.15, 0.2) is 5.69 Å². The molecule has 0 aliphatic carbocycles. The normalized spacial score (nSPS) is 17.4. The first kappa shape index (κ1) is 14.9. The molecule has 1 aliphatic rings. The highest BCUT2D eigenvalue weighted by atomic mass is 16.5. The molecule has 1 aromatic heterocycles. The molecule has 0 spiro atoms. The average molecular weight is 300 g/mol. The van der Waals surface area contributed by atoms with Crippen LogP contribution in [0.5, 0.6) is 0 Å². The van der Waals surface area contributed by atoms with Crippen LogP contribution in [-0.2, 0) is 4.74 Å². The highest BCUT2D eigenvalue weighted by molar-refractivity contribution is 5.99. The van der Waals surface area contributed by atoms with Crippen molar-refractivity contribution in [3.05, 3.63) is 41.7 Å². The summed E-state index contributed by atoms with van der Waals surface area (Å²) in [6, 6.07) is 9.41. The van der Waals surface area contributed by atoms with Crippen molar-refractivity contribution >= 4 is 5.78 Å². The van der Waals surface area contributed by atoms with Gasteiger partial charge in [-0.25, -0.2) is 0 Å². The van der Waals surface area contributed by atoms with E-state index in [-0.39, 0.29) is 11.8 Å². The first-order valence-corrected chi connectivity index (χ1v) is 7.52. The fourth-order valence-corrected chi connectivity index (χ4v) is 2.61. The van der Waals surface area contributed by atoms with Crippen LogP contribution in [0, 0.1) is 6.92 Å². The van der Waals surface area contributed by atoms with Crippen molar-refractivity contribution in [2.45, 2.75) is 19.9 Å². The minimum absolute atomic E-state index is 0.0154. The van der Waals surface area contributed by atoms with E-state index < -0.39 is 0 Å². The van der Waals surface area contributed by atoms with Crippen LogP contribution in [-0.4, -0.2) is 58.0 Å². The summed E-state index contributed by atoms with van der Waals surface area (Å²) in [5.74, 6) is 0.0154. The number of carbonyl (C=O) groups is 1.